The van der Waals surface area contributed by atoms with Gasteiger partial charge in [-0.3, -0.25) is 4.79 Å². The van der Waals surface area contributed by atoms with Crippen molar-refractivity contribution in [2.75, 3.05) is 0 Å². The molecular formula is C30H42N4O2. The van der Waals surface area contributed by atoms with Crippen molar-refractivity contribution in [3.05, 3.63) is 30.3 Å². The summed E-state index contributed by atoms with van der Waals surface area (Å²) in [4.78, 5) is 15.2. The number of ketones is 1. The minimum atomic E-state index is -0.488. The zero-order valence-electron chi connectivity index (χ0n) is 22.2. The van der Waals surface area contributed by atoms with Gasteiger partial charge in [-0.15, -0.1) is 10.2 Å². The van der Waals surface area contributed by atoms with Gasteiger partial charge in [0.15, 0.2) is 5.78 Å². The molecule has 4 aliphatic carbocycles. The zero-order chi connectivity index (χ0) is 25.1. The predicted molar refractivity (Wildman–Crippen MR) is 139 cm³/mol. The molecule has 1 aromatic carbocycles. The van der Waals surface area contributed by atoms with E-state index in [-0.39, 0.29) is 23.7 Å². The lowest BCUT2D eigenvalue weighted by Gasteiger charge is -2.64. The van der Waals surface area contributed by atoms with Crippen LogP contribution in [0.1, 0.15) is 85.0 Å². The van der Waals surface area contributed by atoms with Crippen LogP contribution in [0.2, 0.25) is 0 Å². The van der Waals surface area contributed by atoms with Crippen LogP contribution in [0.15, 0.2) is 30.3 Å². The number of hydrogen-bond acceptors (Lipinski definition) is 5. The largest absolute Gasteiger partial charge is 0.390 e. The van der Waals surface area contributed by atoms with Crippen LogP contribution >= 0.6 is 0 Å². The van der Waals surface area contributed by atoms with Gasteiger partial charge in [-0.1, -0.05) is 50.6 Å². The quantitative estimate of drug-likeness (QED) is 0.594. The number of tetrazole rings is 1. The summed E-state index contributed by atoms with van der Waals surface area (Å²) in [5.41, 5.74) is 0.857. The van der Waals surface area contributed by atoms with Crippen molar-refractivity contribution in [2.45, 2.75) is 97.1 Å². The number of aromatic nitrogens is 4. The molecule has 0 amide bonds. The van der Waals surface area contributed by atoms with Crippen LogP contribution in [0.25, 0.3) is 11.4 Å². The van der Waals surface area contributed by atoms with Gasteiger partial charge in [0, 0.05) is 11.5 Å². The van der Waals surface area contributed by atoms with Crippen molar-refractivity contribution >= 4 is 5.78 Å². The highest BCUT2D eigenvalue weighted by atomic mass is 16.3. The van der Waals surface area contributed by atoms with Crippen molar-refractivity contribution in [1.82, 2.24) is 20.2 Å². The summed E-state index contributed by atoms with van der Waals surface area (Å²) in [5.74, 6) is 3.68. The van der Waals surface area contributed by atoms with Crippen LogP contribution in [-0.4, -0.2) is 36.7 Å². The highest BCUT2D eigenvalue weighted by Crippen LogP contribution is 2.67. The fraction of sp³-hybridized carbons (Fsp3) is 0.733. The first-order valence-corrected chi connectivity index (χ1v) is 14.3. The van der Waals surface area contributed by atoms with Gasteiger partial charge in [0.25, 0.3) is 0 Å². The third-order valence-corrected chi connectivity index (χ3v) is 11.4. The van der Waals surface area contributed by atoms with E-state index < -0.39 is 5.60 Å². The molecule has 194 valence electrons. The van der Waals surface area contributed by atoms with Gasteiger partial charge in [0.05, 0.1) is 5.60 Å². The Kier molecular flexibility index (Phi) is 5.90. The first kappa shape index (κ1) is 24.3. The van der Waals surface area contributed by atoms with E-state index in [0.717, 1.165) is 55.9 Å². The average Bonchev–Trinajstić information content (AvgIpc) is 3.32. The van der Waals surface area contributed by atoms with Crippen LogP contribution in [-0.2, 0) is 11.3 Å². The predicted octanol–water partition coefficient (Wildman–Crippen LogP) is 5.71. The van der Waals surface area contributed by atoms with Crippen molar-refractivity contribution < 1.29 is 9.90 Å². The van der Waals surface area contributed by atoms with E-state index in [1.807, 2.05) is 37.3 Å². The number of nitrogens with zero attached hydrogens (tertiary/aromatic N) is 4. The topological polar surface area (TPSA) is 80.9 Å². The maximum absolute atomic E-state index is 13.7. The highest BCUT2D eigenvalue weighted by molar-refractivity contribution is 5.81. The molecule has 0 radical (unpaired) electrons. The van der Waals surface area contributed by atoms with Crippen LogP contribution in [0.3, 0.4) is 0 Å². The Morgan fingerprint density at radius 1 is 0.972 bits per heavy atom. The highest BCUT2D eigenvalue weighted by Gasteiger charge is 2.60. The minimum absolute atomic E-state index is 0.0721. The maximum atomic E-state index is 13.7. The summed E-state index contributed by atoms with van der Waals surface area (Å²) in [6.45, 7) is 7.23. The lowest BCUT2D eigenvalue weighted by Crippen LogP contribution is -2.58. The molecular weight excluding hydrogens is 448 g/mol. The molecule has 0 spiro atoms. The fourth-order valence-corrected chi connectivity index (χ4v) is 9.42. The normalized spacial score (nSPS) is 42.2. The average molecular weight is 491 g/mol. The monoisotopic (exact) mass is 490 g/mol. The molecule has 4 aliphatic rings. The summed E-state index contributed by atoms with van der Waals surface area (Å²) in [6.07, 6.45) is 11.3. The van der Waals surface area contributed by atoms with Gasteiger partial charge >= 0.3 is 0 Å². The van der Waals surface area contributed by atoms with Crippen molar-refractivity contribution in [2.24, 2.45) is 40.4 Å². The van der Waals surface area contributed by atoms with E-state index in [4.69, 9.17) is 0 Å². The molecule has 0 bridgehead atoms. The van der Waals surface area contributed by atoms with Crippen molar-refractivity contribution in [3.8, 4) is 11.4 Å². The summed E-state index contributed by atoms with van der Waals surface area (Å²) >= 11 is 0. The molecule has 6 nitrogen and oxygen atoms in total. The van der Waals surface area contributed by atoms with Crippen LogP contribution in [0.4, 0.5) is 0 Å². The van der Waals surface area contributed by atoms with E-state index in [2.05, 4.69) is 29.3 Å². The molecule has 4 saturated carbocycles. The first-order chi connectivity index (χ1) is 17.2. The number of carbonyl (C=O) groups is 1. The Morgan fingerprint density at radius 3 is 2.56 bits per heavy atom. The Morgan fingerprint density at radius 2 is 1.75 bits per heavy atom. The molecule has 1 aromatic heterocycles. The van der Waals surface area contributed by atoms with E-state index >= 15 is 0 Å². The van der Waals surface area contributed by atoms with Crippen molar-refractivity contribution in [3.63, 3.8) is 0 Å². The van der Waals surface area contributed by atoms with Gasteiger partial charge in [-0.25, -0.2) is 0 Å². The van der Waals surface area contributed by atoms with E-state index in [1.165, 1.54) is 30.5 Å². The van der Waals surface area contributed by atoms with E-state index in [0.29, 0.717) is 23.1 Å². The molecule has 8 atom stereocenters. The second-order valence-electron chi connectivity index (χ2n) is 13.4. The third-order valence-electron chi connectivity index (χ3n) is 11.4. The second kappa shape index (κ2) is 8.75. The maximum Gasteiger partial charge on any atom is 0.204 e. The molecule has 0 unspecified atom stereocenters. The van der Waals surface area contributed by atoms with E-state index in [1.54, 1.807) is 0 Å². The Balaban J connectivity index is 1.19. The molecule has 1 N–H and O–H groups in total. The van der Waals surface area contributed by atoms with Crippen LogP contribution < -0.4 is 0 Å². The molecule has 2 aromatic rings. The number of benzene rings is 1. The van der Waals surface area contributed by atoms with Gasteiger partial charge < -0.3 is 5.11 Å². The zero-order valence-corrected chi connectivity index (χ0v) is 22.2. The molecule has 36 heavy (non-hydrogen) atoms. The summed E-state index contributed by atoms with van der Waals surface area (Å²) in [6, 6.07) is 9.83. The standard InChI is InChI=1S/C30H42N4O2/c1-28(36)16-17-29(2)21(18-28)12-13-22-23-10-7-11-25(30(23,3)15-14-24(22)29)26(35)19-34-32-27(31-33-34)20-8-5-4-6-9-20/h4-6,8-9,21-25,36H,7,10-19H2,1-3H3/t21-,22-,23-,24-,25+,28+,29-,30-/m0/s1. The van der Waals surface area contributed by atoms with Crippen LogP contribution in [0.5, 0.6) is 0 Å². The molecule has 6 heteroatoms. The fourth-order valence-electron chi connectivity index (χ4n) is 9.42. The Labute approximate surface area is 215 Å². The van der Waals surface area contributed by atoms with E-state index in [9.17, 15) is 9.90 Å². The SMILES string of the molecule is C[C@@]1(O)CC[C@@]2(C)[C@@H](CC[C@@H]3[C@@H]2CC[C@]2(C)[C@@H](C(=O)Cn4nnc(-c5ccccc5)n4)CCC[C@@H]32)C1. The number of rotatable bonds is 4. The van der Waals surface area contributed by atoms with Gasteiger partial charge in [-0.05, 0) is 104 Å². The summed E-state index contributed by atoms with van der Waals surface area (Å²) < 4.78 is 0. The van der Waals surface area contributed by atoms with Gasteiger partial charge in [0.1, 0.15) is 6.54 Å². The number of aliphatic hydroxyl groups is 1. The molecule has 6 rings (SSSR count). The van der Waals surface area contributed by atoms with Gasteiger partial charge in [0.2, 0.25) is 5.82 Å². The third kappa shape index (κ3) is 3.95. The minimum Gasteiger partial charge on any atom is -0.390 e. The lowest BCUT2D eigenvalue weighted by atomic mass is 9.41. The van der Waals surface area contributed by atoms with Crippen molar-refractivity contribution in [1.29, 1.82) is 0 Å². The lowest BCUT2D eigenvalue weighted by molar-refractivity contribution is -0.169. The Hall–Kier alpha value is -2.08. The second-order valence-corrected chi connectivity index (χ2v) is 13.4. The molecule has 0 saturated heterocycles. The number of hydrogen-bond donors (Lipinski definition) is 1. The molecule has 0 aliphatic heterocycles. The Bertz CT molecular complexity index is 1110. The number of fused-ring (bicyclic) bond motifs is 5. The number of carbonyl (C=O) groups excluding carboxylic acids is 1. The summed E-state index contributed by atoms with van der Waals surface area (Å²) in [5, 5.41) is 23.7. The molecule has 1 heterocycles. The smallest absolute Gasteiger partial charge is 0.204 e. The summed E-state index contributed by atoms with van der Waals surface area (Å²) in [7, 11) is 0. The number of Topliss-reactive ketones (excluding diaryl/α,β-unsaturated/α-hetero) is 1. The molecule has 4 fully saturated rings. The first-order valence-electron chi connectivity index (χ1n) is 14.3. The van der Waals surface area contributed by atoms with Crippen LogP contribution in [0, 0.1) is 40.4 Å². The van der Waals surface area contributed by atoms with Gasteiger partial charge in [-0.2, -0.15) is 4.80 Å².